The Morgan fingerprint density at radius 2 is 2.17 bits per heavy atom. The fourth-order valence-electron chi connectivity index (χ4n) is 1.85. The van der Waals surface area contributed by atoms with E-state index in [0.29, 0.717) is 33.0 Å². The minimum atomic E-state index is -0.300. The number of carbonyl (C=O) groups is 1. The number of nitrogens with zero attached hydrogens (tertiary/aromatic N) is 1. The molecule has 1 rings (SSSR count). The number of hydrogen-bond donors (Lipinski definition) is 0. The summed E-state index contributed by atoms with van der Waals surface area (Å²) < 4.78 is 20.5. The van der Waals surface area contributed by atoms with Gasteiger partial charge in [0.25, 0.3) is 0 Å². The van der Waals surface area contributed by atoms with E-state index in [4.69, 9.17) is 18.9 Å². The summed E-state index contributed by atoms with van der Waals surface area (Å²) in [5.41, 5.74) is 0. The minimum Gasteiger partial charge on any atom is -0.468 e. The van der Waals surface area contributed by atoms with Crippen LogP contribution in [-0.4, -0.2) is 77.3 Å². The molecule has 0 aromatic carbocycles. The minimum absolute atomic E-state index is 0.242. The van der Waals surface area contributed by atoms with E-state index >= 15 is 0 Å². The van der Waals surface area contributed by atoms with Crippen molar-refractivity contribution in [1.82, 2.24) is 4.90 Å². The molecule has 0 aromatic rings. The van der Waals surface area contributed by atoms with Gasteiger partial charge in [0.05, 0.1) is 26.9 Å². The number of ether oxygens (including phenoxy) is 4. The Morgan fingerprint density at radius 3 is 2.89 bits per heavy atom. The molecule has 0 aliphatic carbocycles. The Morgan fingerprint density at radius 1 is 1.33 bits per heavy atom. The fraction of sp³-hybridized carbons (Fsp3) is 0.917. The zero-order chi connectivity index (χ0) is 13.2. The summed E-state index contributed by atoms with van der Waals surface area (Å²) in [4.78, 5) is 13.6. The average molecular weight is 261 g/mol. The van der Waals surface area contributed by atoms with Crippen LogP contribution in [0.5, 0.6) is 0 Å². The van der Waals surface area contributed by atoms with Crippen LogP contribution in [-0.2, 0) is 23.7 Å². The van der Waals surface area contributed by atoms with Gasteiger partial charge in [-0.2, -0.15) is 0 Å². The molecule has 106 valence electrons. The number of rotatable bonds is 8. The van der Waals surface area contributed by atoms with E-state index in [-0.39, 0.29) is 12.0 Å². The molecule has 0 aromatic heterocycles. The van der Waals surface area contributed by atoms with Crippen molar-refractivity contribution >= 4 is 5.97 Å². The SMILES string of the molecule is COCCCOCCN1CCOCC1C(=O)OC. The van der Waals surface area contributed by atoms with Crippen molar-refractivity contribution in [2.45, 2.75) is 12.5 Å². The first-order chi connectivity index (χ1) is 8.79. The number of hydrogen-bond acceptors (Lipinski definition) is 6. The van der Waals surface area contributed by atoms with Crippen LogP contribution in [0.1, 0.15) is 6.42 Å². The van der Waals surface area contributed by atoms with Crippen molar-refractivity contribution in [3.63, 3.8) is 0 Å². The van der Waals surface area contributed by atoms with Crippen LogP contribution in [0, 0.1) is 0 Å². The molecule has 0 bridgehead atoms. The normalized spacial score (nSPS) is 20.9. The molecule has 0 N–H and O–H groups in total. The summed E-state index contributed by atoms with van der Waals surface area (Å²) >= 11 is 0. The van der Waals surface area contributed by atoms with Crippen molar-refractivity contribution in [1.29, 1.82) is 0 Å². The van der Waals surface area contributed by atoms with Gasteiger partial charge in [-0.25, -0.2) is 0 Å². The molecule has 0 spiro atoms. The summed E-state index contributed by atoms with van der Waals surface area (Å²) in [6.07, 6.45) is 0.889. The van der Waals surface area contributed by atoms with Crippen molar-refractivity contribution in [3.05, 3.63) is 0 Å². The summed E-state index contributed by atoms with van der Waals surface area (Å²) in [6, 6.07) is -0.300. The van der Waals surface area contributed by atoms with Gasteiger partial charge in [0, 0.05) is 33.4 Å². The molecule has 0 saturated carbocycles. The summed E-state index contributed by atoms with van der Waals surface area (Å²) in [5.74, 6) is -0.242. The lowest BCUT2D eigenvalue weighted by molar-refractivity contribution is -0.153. The van der Waals surface area contributed by atoms with Gasteiger partial charge in [-0.05, 0) is 6.42 Å². The second kappa shape index (κ2) is 9.27. The van der Waals surface area contributed by atoms with E-state index in [1.54, 1.807) is 7.11 Å². The number of carbonyl (C=O) groups excluding carboxylic acids is 1. The van der Waals surface area contributed by atoms with Gasteiger partial charge in [0.15, 0.2) is 0 Å². The Kier molecular flexibility index (Phi) is 7.91. The summed E-state index contributed by atoms with van der Waals surface area (Å²) in [6.45, 7) is 4.51. The van der Waals surface area contributed by atoms with Crippen molar-refractivity contribution < 1.29 is 23.7 Å². The van der Waals surface area contributed by atoms with E-state index in [1.807, 2.05) is 4.90 Å². The fourth-order valence-corrected chi connectivity index (χ4v) is 1.85. The first-order valence-corrected chi connectivity index (χ1v) is 6.26. The number of esters is 1. The van der Waals surface area contributed by atoms with Crippen LogP contribution in [0.3, 0.4) is 0 Å². The molecule has 0 radical (unpaired) electrons. The van der Waals surface area contributed by atoms with Crippen LogP contribution in [0.25, 0.3) is 0 Å². The lowest BCUT2D eigenvalue weighted by Crippen LogP contribution is -2.51. The quantitative estimate of drug-likeness (QED) is 0.450. The molecule has 0 amide bonds. The second-order valence-electron chi connectivity index (χ2n) is 4.11. The summed E-state index contributed by atoms with van der Waals surface area (Å²) in [5, 5.41) is 0. The third-order valence-corrected chi connectivity index (χ3v) is 2.87. The van der Waals surface area contributed by atoms with E-state index in [0.717, 1.165) is 19.5 Å². The van der Waals surface area contributed by atoms with Crippen LogP contribution >= 0.6 is 0 Å². The standard InChI is InChI=1S/C12H23NO5/c1-15-6-3-7-17-8-4-13-5-9-18-10-11(13)12(14)16-2/h11H,3-10H2,1-2H3. The molecular weight excluding hydrogens is 238 g/mol. The van der Waals surface area contributed by atoms with E-state index in [9.17, 15) is 4.79 Å². The predicted molar refractivity (Wildman–Crippen MR) is 65.5 cm³/mol. The Balaban J connectivity index is 2.19. The molecule has 6 nitrogen and oxygen atoms in total. The average Bonchev–Trinajstić information content (AvgIpc) is 2.42. The molecular formula is C12H23NO5. The maximum atomic E-state index is 11.6. The van der Waals surface area contributed by atoms with Crippen molar-refractivity contribution in [2.75, 3.05) is 60.3 Å². The highest BCUT2D eigenvalue weighted by molar-refractivity contribution is 5.75. The van der Waals surface area contributed by atoms with Gasteiger partial charge < -0.3 is 18.9 Å². The largest absolute Gasteiger partial charge is 0.468 e. The maximum absolute atomic E-state index is 11.6. The topological polar surface area (TPSA) is 57.2 Å². The Hall–Kier alpha value is -0.690. The molecule has 1 aliphatic rings. The highest BCUT2D eigenvalue weighted by atomic mass is 16.5. The first-order valence-electron chi connectivity index (χ1n) is 6.26. The molecule has 1 unspecified atom stereocenters. The molecule has 1 fully saturated rings. The van der Waals surface area contributed by atoms with Crippen molar-refractivity contribution in [2.24, 2.45) is 0 Å². The first kappa shape index (κ1) is 15.4. The zero-order valence-electron chi connectivity index (χ0n) is 11.2. The zero-order valence-corrected chi connectivity index (χ0v) is 11.2. The molecule has 6 heteroatoms. The highest BCUT2D eigenvalue weighted by Gasteiger charge is 2.29. The number of methoxy groups -OCH3 is 2. The molecule has 1 atom stereocenters. The predicted octanol–water partition coefficient (Wildman–Crippen LogP) is -0.0867. The maximum Gasteiger partial charge on any atom is 0.325 e. The van der Waals surface area contributed by atoms with Crippen LogP contribution < -0.4 is 0 Å². The van der Waals surface area contributed by atoms with Gasteiger partial charge in [-0.3, -0.25) is 9.69 Å². The third kappa shape index (κ3) is 5.30. The van der Waals surface area contributed by atoms with Crippen molar-refractivity contribution in [3.8, 4) is 0 Å². The number of morpholine rings is 1. The smallest absolute Gasteiger partial charge is 0.325 e. The van der Waals surface area contributed by atoms with Crippen LogP contribution in [0.4, 0.5) is 0 Å². The van der Waals surface area contributed by atoms with Crippen LogP contribution in [0.15, 0.2) is 0 Å². The van der Waals surface area contributed by atoms with Gasteiger partial charge >= 0.3 is 5.97 Å². The molecule has 1 heterocycles. The second-order valence-corrected chi connectivity index (χ2v) is 4.11. The van der Waals surface area contributed by atoms with Crippen LogP contribution in [0.2, 0.25) is 0 Å². The molecule has 18 heavy (non-hydrogen) atoms. The lowest BCUT2D eigenvalue weighted by Gasteiger charge is -2.33. The van der Waals surface area contributed by atoms with Gasteiger partial charge in [0.2, 0.25) is 0 Å². The van der Waals surface area contributed by atoms with Gasteiger partial charge in [-0.1, -0.05) is 0 Å². The summed E-state index contributed by atoms with van der Waals surface area (Å²) in [7, 11) is 3.07. The Labute approximate surface area is 108 Å². The highest BCUT2D eigenvalue weighted by Crippen LogP contribution is 2.08. The molecule has 1 saturated heterocycles. The molecule has 1 aliphatic heterocycles. The van der Waals surface area contributed by atoms with Gasteiger partial charge in [0.1, 0.15) is 6.04 Å². The van der Waals surface area contributed by atoms with E-state index in [1.165, 1.54) is 7.11 Å². The van der Waals surface area contributed by atoms with E-state index < -0.39 is 0 Å². The van der Waals surface area contributed by atoms with Gasteiger partial charge in [-0.15, -0.1) is 0 Å². The van der Waals surface area contributed by atoms with E-state index in [2.05, 4.69) is 0 Å². The Bertz CT molecular complexity index is 237. The monoisotopic (exact) mass is 261 g/mol. The third-order valence-electron chi connectivity index (χ3n) is 2.87. The lowest BCUT2D eigenvalue weighted by atomic mass is 10.2.